The normalized spacial score (nSPS) is 46.9. The molecule has 3 rings (SSSR count). The summed E-state index contributed by atoms with van der Waals surface area (Å²) in [6, 6.07) is 2.49. The van der Waals surface area contributed by atoms with Gasteiger partial charge in [-0.1, -0.05) is 12.8 Å². The molecule has 2 bridgehead atoms. The Kier molecular flexibility index (Phi) is 1.92. The van der Waals surface area contributed by atoms with Gasteiger partial charge in [0.25, 0.3) is 0 Å². The maximum Gasteiger partial charge on any atom is 0.0864 e. The molecule has 0 spiro atoms. The van der Waals surface area contributed by atoms with Crippen molar-refractivity contribution in [3.05, 3.63) is 0 Å². The van der Waals surface area contributed by atoms with Gasteiger partial charge in [0.05, 0.1) is 17.1 Å². The van der Waals surface area contributed by atoms with Gasteiger partial charge in [-0.25, -0.2) is 0 Å². The van der Waals surface area contributed by atoms with E-state index in [9.17, 15) is 10.4 Å². The second-order valence-corrected chi connectivity index (χ2v) is 5.91. The zero-order valence-corrected chi connectivity index (χ0v) is 9.21. The van der Waals surface area contributed by atoms with Crippen molar-refractivity contribution in [2.75, 3.05) is 0 Å². The second kappa shape index (κ2) is 2.98. The Morgan fingerprint density at radius 3 is 2.40 bits per heavy atom. The first-order chi connectivity index (χ1) is 7.20. The molecule has 2 heteroatoms. The maximum absolute atomic E-state index is 10.9. The number of rotatable bonds is 1. The first kappa shape index (κ1) is 9.66. The molecule has 0 aromatic rings. The molecular formula is C13H19NO. The van der Waals surface area contributed by atoms with E-state index in [2.05, 4.69) is 6.07 Å². The average Bonchev–Trinajstić information content (AvgIpc) is 2.92. The van der Waals surface area contributed by atoms with Crippen LogP contribution in [-0.2, 0) is 0 Å². The summed E-state index contributed by atoms with van der Waals surface area (Å²) in [5.41, 5.74) is -1.01. The van der Waals surface area contributed by atoms with Gasteiger partial charge in [0.1, 0.15) is 0 Å². The SMILES string of the molecule is N#CC1(C2(O)CC3CCC2C3)CCCC1. The molecule has 3 fully saturated rings. The van der Waals surface area contributed by atoms with Gasteiger partial charge >= 0.3 is 0 Å². The first-order valence-corrected chi connectivity index (χ1v) is 6.34. The molecule has 3 saturated carbocycles. The summed E-state index contributed by atoms with van der Waals surface area (Å²) in [5, 5.41) is 20.4. The quantitative estimate of drug-likeness (QED) is 0.715. The highest BCUT2D eigenvalue weighted by Crippen LogP contribution is 2.61. The molecule has 0 amide bonds. The number of hydrogen-bond acceptors (Lipinski definition) is 2. The predicted octanol–water partition coefficient (Wildman–Crippen LogP) is 2.62. The van der Waals surface area contributed by atoms with Crippen LogP contribution in [0.1, 0.15) is 51.4 Å². The summed E-state index contributed by atoms with van der Waals surface area (Å²) in [5.74, 6) is 1.14. The Balaban J connectivity index is 1.95. The van der Waals surface area contributed by atoms with Crippen molar-refractivity contribution in [2.45, 2.75) is 57.0 Å². The summed E-state index contributed by atoms with van der Waals surface area (Å²) in [4.78, 5) is 0. The topological polar surface area (TPSA) is 44.0 Å². The van der Waals surface area contributed by atoms with Crippen LogP contribution in [-0.4, -0.2) is 10.7 Å². The fourth-order valence-corrected chi connectivity index (χ4v) is 4.51. The Morgan fingerprint density at radius 1 is 1.20 bits per heavy atom. The Morgan fingerprint density at radius 2 is 1.93 bits per heavy atom. The molecule has 0 aromatic carbocycles. The Hall–Kier alpha value is -0.550. The van der Waals surface area contributed by atoms with Crippen molar-refractivity contribution in [3.8, 4) is 6.07 Å². The maximum atomic E-state index is 10.9. The van der Waals surface area contributed by atoms with E-state index in [-0.39, 0.29) is 5.41 Å². The van der Waals surface area contributed by atoms with Crippen LogP contribution in [0, 0.1) is 28.6 Å². The van der Waals surface area contributed by atoms with Crippen molar-refractivity contribution in [3.63, 3.8) is 0 Å². The Bertz CT molecular complexity index is 313. The lowest BCUT2D eigenvalue weighted by molar-refractivity contribution is -0.0949. The smallest absolute Gasteiger partial charge is 0.0864 e. The van der Waals surface area contributed by atoms with Crippen LogP contribution in [0.15, 0.2) is 0 Å². The van der Waals surface area contributed by atoms with Crippen LogP contribution in [0.2, 0.25) is 0 Å². The monoisotopic (exact) mass is 205 g/mol. The summed E-state index contributed by atoms with van der Waals surface area (Å²) >= 11 is 0. The third kappa shape index (κ3) is 1.08. The fourth-order valence-electron chi connectivity index (χ4n) is 4.51. The van der Waals surface area contributed by atoms with E-state index in [1.165, 1.54) is 12.8 Å². The molecule has 0 aromatic heterocycles. The molecular weight excluding hydrogens is 186 g/mol. The van der Waals surface area contributed by atoms with Gasteiger partial charge in [-0.05, 0) is 50.4 Å². The van der Waals surface area contributed by atoms with E-state index in [1.54, 1.807) is 0 Å². The van der Waals surface area contributed by atoms with Crippen molar-refractivity contribution < 1.29 is 5.11 Å². The minimum atomic E-state index is -0.624. The van der Waals surface area contributed by atoms with Gasteiger partial charge in [-0.2, -0.15) is 5.26 Å². The predicted molar refractivity (Wildman–Crippen MR) is 56.9 cm³/mol. The average molecular weight is 205 g/mol. The summed E-state index contributed by atoms with van der Waals surface area (Å²) < 4.78 is 0. The third-order valence-electron chi connectivity index (χ3n) is 5.32. The van der Waals surface area contributed by atoms with E-state index in [4.69, 9.17) is 0 Å². The van der Waals surface area contributed by atoms with Crippen LogP contribution in [0.5, 0.6) is 0 Å². The molecule has 0 aliphatic heterocycles. The van der Waals surface area contributed by atoms with Crippen LogP contribution >= 0.6 is 0 Å². The van der Waals surface area contributed by atoms with Crippen LogP contribution in [0.25, 0.3) is 0 Å². The molecule has 3 unspecified atom stereocenters. The summed E-state index contributed by atoms with van der Waals surface area (Å²) in [7, 11) is 0. The van der Waals surface area contributed by atoms with Gasteiger partial charge in [-0.3, -0.25) is 0 Å². The standard InChI is InChI=1S/C13H19NO/c14-9-12(5-1-2-6-12)13(15)8-10-3-4-11(13)7-10/h10-11,15H,1-8H2. The minimum Gasteiger partial charge on any atom is -0.388 e. The molecule has 0 heterocycles. The second-order valence-electron chi connectivity index (χ2n) is 5.91. The van der Waals surface area contributed by atoms with Gasteiger partial charge in [-0.15, -0.1) is 0 Å². The van der Waals surface area contributed by atoms with E-state index < -0.39 is 5.60 Å². The van der Waals surface area contributed by atoms with Crippen molar-refractivity contribution in [2.24, 2.45) is 17.3 Å². The zero-order valence-electron chi connectivity index (χ0n) is 9.21. The molecule has 15 heavy (non-hydrogen) atoms. The lowest BCUT2D eigenvalue weighted by Crippen LogP contribution is -2.50. The van der Waals surface area contributed by atoms with E-state index in [1.807, 2.05) is 0 Å². The lowest BCUT2D eigenvalue weighted by Gasteiger charge is -2.43. The number of nitrogens with zero attached hydrogens (tertiary/aromatic N) is 1. The first-order valence-electron chi connectivity index (χ1n) is 6.34. The van der Waals surface area contributed by atoms with Crippen LogP contribution in [0.3, 0.4) is 0 Å². The van der Waals surface area contributed by atoms with E-state index in [0.717, 1.165) is 38.5 Å². The van der Waals surface area contributed by atoms with Gasteiger partial charge in [0.15, 0.2) is 0 Å². The minimum absolute atomic E-state index is 0.382. The molecule has 3 aliphatic rings. The highest BCUT2D eigenvalue weighted by Gasteiger charge is 2.62. The lowest BCUT2D eigenvalue weighted by atomic mass is 9.64. The number of aliphatic hydroxyl groups is 1. The summed E-state index contributed by atoms with van der Waals surface area (Å²) in [6.45, 7) is 0. The van der Waals surface area contributed by atoms with Crippen molar-refractivity contribution in [1.29, 1.82) is 5.26 Å². The highest BCUT2D eigenvalue weighted by atomic mass is 16.3. The van der Waals surface area contributed by atoms with Gasteiger partial charge < -0.3 is 5.11 Å². The molecule has 82 valence electrons. The Labute approximate surface area is 91.3 Å². The molecule has 0 saturated heterocycles. The van der Waals surface area contributed by atoms with E-state index >= 15 is 0 Å². The van der Waals surface area contributed by atoms with Gasteiger partial charge in [0.2, 0.25) is 0 Å². The van der Waals surface area contributed by atoms with Gasteiger partial charge in [0, 0.05) is 0 Å². The van der Waals surface area contributed by atoms with Crippen molar-refractivity contribution >= 4 is 0 Å². The van der Waals surface area contributed by atoms with Crippen LogP contribution < -0.4 is 0 Å². The zero-order chi connectivity index (χ0) is 10.5. The summed E-state index contributed by atoms with van der Waals surface area (Å²) in [6.07, 6.45) is 8.66. The molecule has 1 N–H and O–H groups in total. The van der Waals surface area contributed by atoms with Crippen molar-refractivity contribution in [1.82, 2.24) is 0 Å². The fraction of sp³-hybridized carbons (Fsp3) is 0.923. The molecule has 3 atom stereocenters. The number of fused-ring (bicyclic) bond motifs is 2. The molecule has 2 nitrogen and oxygen atoms in total. The largest absolute Gasteiger partial charge is 0.388 e. The number of nitriles is 1. The van der Waals surface area contributed by atoms with Crippen LogP contribution in [0.4, 0.5) is 0 Å². The molecule has 0 radical (unpaired) electrons. The number of hydrogen-bond donors (Lipinski definition) is 1. The highest BCUT2D eigenvalue weighted by molar-refractivity contribution is 5.19. The molecule has 3 aliphatic carbocycles. The third-order valence-corrected chi connectivity index (χ3v) is 5.32. The van der Waals surface area contributed by atoms with E-state index in [0.29, 0.717) is 11.8 Å².